The molecule has 0 saturated carbocycles. The van der Waals surface area contributed by atoms with Gasteiger partial charge in [0.15, 0.2) is 0 Å². The number of aromatic nitrogens is 2. The maximum absolute atomic E-state index is 13.1. The standard InChI is InChI=1S/C27H35N5O2/c1-3-6-21(20-12-10-19(2)11-13-20)16-29-27(34)24-8-4-9-25-30-23(18-32(24)25)15-26(33)31-22-7-5-14-28-17-22/h4,8-13,18,21-22,28H,3,5-7,14-17H2,1-2H3,(H,29,34)(H,31,33)/t21?,22-/m1/s1. The molecule has 2 aromatic heterocycles. The van der Waals surface area contributed by atoms with E-state index in [2.05, 4.69) is 59.0 Å². The number of hydrogen-bond acceptors (Lipinski definition) is 4. The van der Waals surface area contributed by atoms with E-state index in [9.17, 15) is 9.59 Å². The van der Waals surface area contributed by atoms with Gasteiger partial charge in [-0.05, 0) is 50.4 Å². The molecule has 1 saturated heterocycles. The van der Waals surface area contributed by atoms with Crippen molar-refractivity contribution in [1.29, 1.82) is 0 Å². The van der Waals surface area contributed by atoms with E-state index >= 15 is 0 Å². The van der Waals surface area contributed by atoms with E-state index in [-0.39, 0.29) is 30.2 Å². The molecule has 3 aromatic rings. The largest absolute Gasteiger partial charge is 0.352 e. The van der Waals surface area contributed by atoms with Gasteiger partial charge in [0.25, 0.3) is 5.91 Å². The van der Waals surface area contributed by atoms with Crippen molar-refractivity contribution in [2.24, 2.45) is 0 Å². The van der Waals surface area contributed by atoms with E-state index in [4.69, 9.17) is 0 Å². The summed E-state index contributed by atoms with van der Waals surface area (Å²) in [6, 6.07) is 14.2. The lowest BCUT2D eigenvalue weighted by Gasteiger charge is -2.23. The molecule has 1 aliphatic rings. The van der Waals surface area contributed by atoms with Gasteiger partial charge < -0.3 is 16.0 Å². The Bertz CT molecular complexity index is 1120. The Kier molecular flexibility index (Phi) is 7.95. The van der Waals surface area contributed by atoms with Crippen LogP contribution in [0.1, 0.15) is 65.8 Å². The Morgan fingerprint density at radius 3 is 2.76 bits per heavy atom. The van der Waals surface area contributed by atoms with Gasteiger partial charge in [-0.2, -0.15) is 0 Å². The minimum atomic E-state index is -0.138. The first-order valence-corrected chi connectivity index (χ1v) is 12.4. The van der Waals surface area contributed by atoms with Gasteiger partial charge in [0, 0.05) is 31.2 Å². The van der Waals surface area contributed by atoms with Crippen LogP contribution in [0, 0.1) is 6.92 Å². The summed E-state index contributed by atoms with van der Waals surface area (Å²) in [4.78, 5) is 30.2. The summed E-state index contributed by atoms with van der Waals surface area (Å²) in [5, 5.41) is 9.51. The summed E-state index contributed by atoms with van der Waals surface area (Å²) >= 11 is 0. The zero-order valence-electron chi connectivity index (χ0n) is 20.1. The molecule has 0 aliphatic carbocycles. The number of hydrogen-bond donors (Lipinski definition) is 3. The molecule has 2 amide bonds. The van der Waals surface area contributed by atoms with E-state index in [1.54, 1.807) is 16.7 Å². The molecule has 0 radical (unpaired) electrons. The predicted octanol–water partition coefficient (Wildman–Crippen LogP) is 3.37. The summed E-state index contributed by atoms with van der Waals surface area (Å²) in [6.07, 6.45) is 6.12. The van der Waals surface area contributed by atoms with Crippen LogP contribution >= 0.6 is 0 Å². The third kappa shape index (κ3) is 6.03. The van der Waals surface area contributed by atoms with Gasteiger partial charge in [-0.3, -0.25) is 14.0 Å². The van der Waals surface area contributed by atoms with Crippen molar-refractivity contribution in [3.05, 3.63) is 71.2 Å². The number of nitrogens with zero attached hydrogens (tertiary/aromatic N) is 2. The van der Waals surface area contributed by atoms with Gasteiger partial charge in [0.2, 0.25) is 5.91 Å². The fourth-order valence-electron chi connectivity index (χ4n) is 4.63. The summed E-state index contributed by atoms with van der Waals surface area (Å²) in [6.45, 7) is 6.64. The lowest BCUT2D eigenvalue weighted by molar-refractivity contribution is -0.121. The number of pyridine rings is 1. The van der Waals surface area contributed by atoms with E-state index in [0.29, 0.717) is 23.6 Å². The first-order valence-electron chi connectivity index (χ1n) is 12.4. The lowest BCUT2D eigenvalue weighted by Crippen LogP contribution is -2.46. The number of amides is 2. The number of fused-ring (bicyclic) bond motifs is 1. The molecule has 0 bridgehead atoms. The first-order chi connectivity index (χ1) is 16.5. The number of benzene rings is 1. The highest BCUT2D eigenvalue weighted by Crippen LogP contribution is 2.21. The number of rotatable bonds is 9. The van der Waals surface area contributed by atoms with Crippen LogP contribution < -0.4 is 16.0 Å². The van der Waals surface area contributed by atoms with Crippen molar-refractivity contribution in [1.82, 2.24) is 25.3 Å². The van der Waals surface area contributed by atoms with Crippen molar-refractivity contribution in [2.75, 3.05) is 19.6 Å². The molecule has 1 fully saturated rings. The molecule has 2 atom stereocenters. The Balaban J connectivity index is 1.42. The summed E-state index contributed by atoms with van der Waals surface area (Å²) in [5.74, 6) is 0.0918. The maximum atomic E-state index is 13.1. The van der Waals surface area contributed by atoms with Crippen LogP contribution in [-0.2, 0) is 11.2 Å². The number of imidazole rings is 1. The van der Waals surface area contributed by atoms with Crippen LogP contribution in [0.3, 0.4) is 0 Å². The number of carbonyl (C=O) groups is 2. The molecule has 3 N–H and O–H groups in total. The Hall–Kier alpha value is -3.19. The molecule has 4 rings (SSSR count). The highest BCUT2D eigenvalue weighted by Gasteiger charge is 2.18. The van der Waals surface area contributed by atoms with Crippen LogP contribution in [0.4, 0.5) is 0 Å². The molecule has 1 aliphatic heterocycles. The van der Waals surface area contributed by atoms with Crippen molar-refractivity contribution < 1.29 is 9.59 Å². The average Bonchev–Trinajstić information content (AvgIpc) is 3.25. The van der Waals surface area contributed by atoms with Crippen molar-refractivity contribution in [3.63, 3.8) is 0 Å². The highest BCUT2D eigenvalue weighted by molar-refractivity contribution is 5.93. The van der Waals surface area contributed by atoms with Crippen molar-refractivity contribution in [3.8, 4) is 0 Å². The van der Waals surface area contributed by atoms with E-state index in [0.717, 1.165) is 38.8 Å². The Morgan fingerprint density at radius 1 is 1.21 bits per heavy atom. The summed E-state index contributed by atoms with van der Waals surface area (Å²) in [7, 11) is 0. The summed E-state index contributed by atoms with van der Waals surface area (Å²) in [5.41, 5.74) is 4.32. The first kappa shape index (κ1) is 24.0. The SMILES string of the molecule is CCCC(CNC(=O)c1cccc2nc(CC(=O)N[C@@H]3CCCNC3)cn12)c1ccc(C)cc1. The minimum Gasteiger partial charge on any atom is -0.352 e. The van der Waals surface area contributed by atoms with Crippen LogP contribution in [0.2, 0.25) is 0 Å². The van der Waals surface area contributed by atoms with Crippen LogP contribution in [0.15, 0.2) is 48.7 Å². The smallest absolute Gasteiger partial charge is 0.268 e. The molecule has 1 unspecified atom stereocenters. The third-order valence-corrected chi connectivity index (χ3v) is 6.47. The molecular formula is C27H35N5O2. The maximum Gasteiger partial charge on any atom is 0.268 e. The number of nitrogens with one attached hydrogen (secondary N) is 3. The molecule has 3 heterocycles. The van der Waals surface area contributed by atoms with Gasteiger partial charge in [-0.15, -0.1) is 0 Å². The van der Waals surface area contributed by atoms with Crippen LogP contribution in [0.25, 0.3) is 5.65 Å². The predicted molar refractivity (Wildman–Crippen MR) is 134 cm³/mol. The molecule has 7 heteroatoms. The van der Waals surface area contributed by atoms with Gasteiger partial charge in [0.1, 0.15) is 11.3 Å². The van der Waals surface area contributed by atoms with E-state index < -0.39 is 0 Å². The second-order valence-electron chi connectivity index (χ2n) is 9.27. The van der Waals surface area contributed by atoms with E-state index in [1.165, 1.54) is 11.1 Å². The van der Waals surface area contributed by atoms with Gasteiger partial charge in [-0.25, -0.2) is 4.98 Å². The second-order valence-corrected chi connectivity index (χ2v) is 9.27. The number of piperidine rings is 1. The average molecular weight is 462 g/mol. The fourth-order valence-corrected chi connectivity index (χ4v) is 4.63. The van der Waals surface area contributed by atoms with Gasteiger partial charge in [-0.1, -0.05) is 49.2 Å². The quantitative estimate of drug-likeness (QED) is 0.456. The number of aryl methyl sites for hydroxylation is 1. The topological polar surface area (TPSA) is 87.5 Å². The zero-order valence-corrected chi connectivity index (χ0v) is 20.1. The molecular weight excluding hydrogens is 426 g/mol. The molecule has 180 valence electrons. The third-order valence-electron chi connectivity index (χ3n) is 6.47. The second kappa shape index (κ2) is 11.3. The van der Waals surface area contributed by atoms with E-state index in [1.807, 2.05) is 12.1 Å². The molecule has 1 aromatic carbocycles. The highest BCUT2D eigenvalue weighted by atomic mass is 16.2. The Morgan fingerprint density at radius 2 is 2.03 bits per heavy atom. The molecule has 7 nitrogen and oxygen atoms in total. The molecule has 0 spiro atoms. The van der Waals surface area contributed by atoms with Crippen molar-refractivity contribution >= 4 is 17.5 Å². The minimum absolute atomic E-state index is 0.0383. The fraction of sp³-hybridized carbons (Fsp3) is 0.444. The van der Waals surface area contributed by atoms with Crippen LogP contribution in [-0.4, -0.2) is 46.9 Å². The Labute approximate surface area is 201 Å². The monoisotopic (exact) mass is 461 g/mol. The normalized spacial score (nSPS) is 16.8. The van der Waals surface area contributed by atoms with Gasteiger partial charge >= 0.3 is 0 Å². The van der Waals surface area contributed by atoms with Crippen molar-refractivity contribution in [2.45, 2.75) is 57.9 Å². The molecule has 34 heavy (non-hydrogen) atoms. The summed E-state index contributed by atoms with van der Waals surface area (Å²) < 4.78 is 1.78. The zero-order chi connectivity index (χ0) is 23.9. The number of carbonyl (C=O) groups excluding carboxylic acids is 2. The van der Waals surface area contributed by atoms with Crippen LogP contribution in [0.5, 0.6) is 0 Å². The lowest BCUT2D eigenvalue weighted by atomic mass is 9.93. The van der Waals surface area contributed by atoms with Gasteiger partial charge in [0.05, 0.1) is 12.1 Å².